The molecule has 1 aliphatic rings. The SMILES string of the molecule is COC(=O)C1CN1CC(N=[N+]=[N-])c1ccccc1Br. The van der Waals surface area contributed by atoms with Crippen molar-refractivity contribution < 1.29 is 9.53 Å². The maximum atomic E-state index is 11.4. The van der Waals surface area contributed by atoms with Crippen molar-refractivity contribution in [3.8, 4) is 0 Å². The van der Waals surface area contributed by atoms with Gasteiger partial charge in [-0.25, -0.2) is 0 Å². The number of methoxy groups -OCH3 is 1. The zero-order valence-electron chi connectivity index (χ0n) is 10.4. The summed E-state index contributed by atoms with van der Waals surface area (Å²) in [6.07, 6.45) is 0. The standard InChI is InChI=1S/C12H13BrN4O2/c1-19-12(18)11-7-17(11)6-10(15-16-14)8-4-2-3-5-9(8)13/h2-5,10-11H,6-7H2,1H3. The lowest BCUT2D eigenvalue weighted by Gasteiger charge is -2.14. The highest BCUT2D eigenvalue weighted by molar-refractivity contribution is 9.10. The molecule has 0 amide bonds. The molecule has 1 heterocycles. The lowest BCUT2D eigenvalue weighted by Crippen LogP contribution is -2.18. The number of carbonyl (C=O) groups excluding carboxylic acids is 1. The Morgan fingerprint density at radius 3 is 3.05 bits per heavy atom. The van der Waals surface area contributed by atoms with Crippen LogP contribution in [0.15, 0.2) is 33.9 Å². The van der Waals surface area contributed by atoms with Crippen LogP contribution in [0.2, 0.25) is 0 Å². The van der Waals surface area contributed by atoms with Crippen molar-refractivity contribution in [1.29, 1.82) is 0 Å². The van der Waals surface area contributed by atoms with Gasteiger partial charge in [0.2, 0.25) is 0 Å². The summed E-state index contributed by atoms with van der Waals surface area (Å²) in [6.45, 7) is 1.15. The van der Waals surface area contributed by atoms with E-state index >= 15 is 0 Å². The van der Waals surface area contributed by atoms with Gasteiger partial charge in [0.25, 0.3) is 0 Å². The number of esters is 1. The van der Waals surface area contributed by atoms with Crippen LogP contribution in [0, 0.1) is 0 Å². The summed E-state index contributed by atoms with van der Waals surface area (Å²) < 4.78 is 5.57. The maximum absolute atomic E-state index is 11.4. The Morgan fingerprint density at radius 2 is 2.42 bits per heavy atom. The molecule has 0 saturated carbocycles. The fourth-order valence-electron chi connectivity index (χ4n) is 1.96. The average Bonchev–Trinajstić information content (AvgIpc) is 3.17. The first kappa shape index (κ1) is 13.9. The molecule has 1 aromatic carbocycles. The molecule has 3 unspecified atom stereocenters. The third-order valence-corrected chi connectivity index (χ3v) is 3.77. The molecular weight excluding hydrogens is 312 g/mol. The smallest absolute Gasteiger partial charge is 0.324 e. The van der Waals surface area contributed by atoms with Gasteiger partial charge in [-0.15, -0.1) is 0 Å². The summed E-state index contributed by atoms with van der Waals surface area (Å²) in [5.41, 5.74) is 9.59. The number of hydrogen-bond acceptors (Lipinski definition) is 4. The monoisotopic (exact) mass is 324 g/mol. The van der Waals surface area contributed by atoms with Crippen molar-refractivity contribution in [2.45, 2.75) is 12.1 Å². The second-order valence-electron chi connectivity index (χ2n) is 4.24. The molecule has 1 fully saturated rings. The minimum Gasteiger partial charge on any atom is -0.468 e. The van der Waals surface area contributed by atoms with E-state index in [0.717, 1.165) is 10.0 Å². The van der Waals surface area contributed by atoms with Gasteiger partial charge in [0.1, 0.15) is 6.04 Å². The lowest BCUT2D eigenvalue weighted by atomic mass is 10.1. The van der Waals surface area contributed by atoms with Crippen molar-refractivity contribution in [2.24, 2.45) is 5.11 Å². The third kappa shape index (κ3) is 3.26. The first-order valence-electron chi connectivity index (χ1n) is 5.78. The van der Waals surface area contributed by atoms with E-state index in [1.165, 1.54) is 7.11 Å². The van der Waals surface area contributed by atoms with Gasteiger partial charge in [0, 0.05) is 22.5 Å². The van der Waals surface area contributed by atoms with Crippen LogP contribution in [0.1, 0.15) is 11.6 Å². The predicted molar refractivity (Wildman–Crippen MR) is 73.4 cm³/mol. The predicted octanol–water partition coefficient (Wildman–Crippen LogP) is 2.66. The molecule has 0 spiro atoms. The Labute approximate surface area is 119 Å². The molecule has 3 atom stereocenters. The van der Waals surface area contributed by atoms with Crippen molar-refractivity contribution in [1.82, 2.24) is 4.90 Å². The summed E-state index contributed by atoms with van der Waals surface area (Å²) in [6, 6.07) is 7.06. The van der Waals surface area contributed by atoms with Crippen molar-refractivity contribution in [3.05, 3.63) is 44.7 Å². The molecule has 6 nitrogen and oxygen atoms in total. The summed E-state index contributed by atoms with van der Waals surface area (Å²) in [5.74, 6) is -0.244. The van der Waals surface area contributed by atoms with Crippen LogP contribution in [0.4, 0.5) is 0 Å². The van der Waals surface area contributed by atoms with Crippen LogP contribution < -0.4 is 0 Å². The van der Waals surface area contributed by atoms with Gasteiger partial charge in [0.05, 0.1) is 13.2 Å². The van der Waals surface area contributed by atoms with Crippen LogP contribution in [0.3, 0.4) is 0 Å². The highest BCUT2D eigenvalue weighted by Gasteiger charge is 2.42. The minimum atomic E-state index is -0.324. The van der Waals surface area contributed by atoms with Gasteiger partial charge >= 0.3 is 5.97 Å². The minimum absolute atomic E-state index is 0.205. The van der Waals surface area contributed by atoms with Gasteiger partial charge in [-0.3, -0.25) is 9.69 Å². The van der Waals surface area contributed by atoms with E-state index in [0.29, 0.717) is 13.1 Å². The molecule has 0 N–H and O–H groups in total. The number of rotatable bonds is 5. The van der Waals surface area contributed by atoms with E-state index in [-0.39, 0.29) is 18.1 Å². The molecule has 1 aliphatic heterocycles. The van der Waals surface area contributed by atoms with E-state index in [1.807, 2.05) is 29.2 Å². The number of benzene rings is 1. The second-order valence-corrected chi connectivity index (χ2v) is 5.09. The van der Waals surface area contributed by atoms with E-state index in [4.69, 9.17) is 5.53 Å². The molecule has 2 rings (SSSR count). The summed E-state index contributed by atoms with van der Waals surface area (Å²) in [4.78, 5) is 16.2. The van der Waals surface area contributed by atoms with Crippen LogP contribution in [0.25, 0.3) is 10.4 Å². The average molecular weight is 325 g/mol. The first-order valence-corrected chi connectivity index (χ1v) is 6.57. The Hall–Kier alpha value is -1.56. The maximum Gasteiger partial charge on any atom is 0.324 e. The third-order valence-electron chi connectivity index (χ3n) is 3.05. The van der Waals surface area contributed by atoms with Crippen molar-refractivity contribution in [2.75, 3.05) is 20.2 Å². The number of ether oxygens (including phenoxy) is 1. The molecule has 0 aliphatic carbocycles. The van der Waals surface area contributed by atoms with Gasteiger partial charge in [-0.05, 0) is 17.2 Å². The molecule has 0 bridgehead atoms. The van der Waals surface area contributed by atoms with Crippen LogP contribution in [-0.2, 0) is 9.53 Å². The van der Waals surface area contributed by atoms with Crippen molar-refractivity contribution >= 4 is 21.9 Å². The fraction of sp³-hybridized carbons (Fsp3) is 0.417. The molecular formula is C12H13BrN4O2. The van der Waals surface area contributed by atoms with Crippen LogP contribution >= 0.6 is 15.9 Å². The number of carbonyl (C=O) groups is 1. The molecule has 7 heteroatoms. The van der Waals surface area contributed by atoms with E-state index < -0.39 is 0 Å². The summed E-state index contributed by atoms with van der Waals surface area (Å²) in [7, 11) is 1.37. The van der Waals surface area contributed by atoms with Gasteiger partial charge in [-0.2, -0.15) is 0 Å². The van der Waals surface area contributed by atoms with E-state index in [2.05, 4.69) is 30.7 Å². The topological polar surface area (TPSA) is 78.1 Å². The molecule has 1 aromatic rings. The van der Waals surface area contributed by atoms with Gasteiger partial charge in [-0.1, -0.05) is 39.2 Å². The lowest BCUT2D eigenvalue weighted by molar-refractivity contribution is -0.140. The zero-order valence-corrected chi connectivity index (χ0v) is 11.9. The Bertz CT molecular complexity index is 530. The number of azide groups is 1. The van der Waals surface area contributed by atoms with Gasteiger partial charge < -0.3 is 4.74 Å². The normalized spacial score (nSPS) is 22.2. The molecule has 0 radical (unpaired) electrons. The van der Waals surface area contributed by atoms with Crippen LogP contribution in [0.5, 0.6) is 0 Å². The first-order chi connectivity index (χ1) is 9.17. The molecule has 1 saturated heterocycles. The number of hydrogen-bond donors (Lipinski definition) is 0. The van der Waals surface area contributed by atoms with E-state index in [1.54, 1.807) is 0 Å². The summed E-state index contributed by atoms with van der Waals surface area (Å²) >= 11 is 3.44. The fourth-order valence-corrected chi connectivity index (χ4v) is 2.51. The second kappa shape index (κ2) is 6.06. The van der Waals surface area contributed by atoms with E-state index in [9.17, 15) is 4.79 Å². The Balaban J connectivity index is 2.09. The largest absolute Gasteiger partial charge is 0.468 e. The highest BCUT2D eigenvalue weighted by Crippen LogP contribution is 2.30. The molecule has 0 aromatic heterocycles. The zero-order chi connectivity index (χ0) is 13.8. The number of halogens is 1. The Morgan fingerprint density at radius 1 is 1.68 bits per heavy atom. The summed E-state index contributed by atoms with van der Waals surface area (Å²) in [5, 5.41) is 3.81. The highest BCUT2D eigenvalue weighted by atomic mass is 79.9. The molecule has 100 valence electrons. The Kier molecular flexibility index (Phi) is 4.42. The van der Waals surface area contributed by atoms with Crippen LogP contribution in [-0.4, -0.2) is 37.1 Å². The number of nitrogens with zero attached hydrogens (tertiary/aromatic N) is 4. The van der Waals surface area contributed by atoms with Gasteiger partial charge in [0.15, 0.2) is 0 Å². The molecule has 19 heavy (non-hydrogen) atoms. The van der Waals surface area contributed by atoms with Crippen molar-refractivity contribution in [3.63, 3.8) is 0 Å². The quantitative estimate of drug-likeness (QED) is 0.274.